The van der Waals surface area contributed by atoms with Crippen LogP contribution in [0.1, 0.15) is 37.8 Å². The van der Waals surface area contributed by atoms with Gasteiger partial charge in [-0.1, -0.05) is 12.1 Å². The van der Waals surface area contributed by atoms with Crippen LogP contribution in [-0.4, -0.2) is 25.1 Å². The third-order valence-corrected chi connectivity index (χ3v) is 3.67. The van der Waals surface area contributed by atoms with Crippen LogP contribution in [0.2, 0.25) is 0 Å². The van der Waals surface area contributed by atoms with Crippen LogP contribution in [0.15, 0.2) is 24.3 Å². The fraction of sp³-hybridized carbons (Fsp3) is 0.500. The van der Waals surface area contributed by atoms with Crippen molar-refractivity contribution in [3.8, 4) is 11.8 Å². The SMILES string of the molecule is CC(NC1CCCCNC1=O)c1ccc(OCC#N)cc1. The van der Waals surface area contributed by atoms with Crippen molar-refractivity contribution in [3.63, 3.8) is 0 Å². The van der Waals surface area contributed by atoms with Crippen LogP contribution in [0.25, 0.3) is 0 Å². The minimum Gasteiger partial charge on any atom is -0.479 e. The maximum absolute atomic E-state index is 11.9. The highest BCUT2D eigenvalue weighted by Crippen LogP contribution is 2.19. The van der Waals surface area contributed by atoms with E-state index in [2.05, 4.69) is 10.6 Å². The number of carbonyl (C=O) groups excluding carboxylic acids is 1. The molecule has 1 aromatic carbocycles. The molecule has 1 fully saturated rings. The zero-order valence-corrected chi connectivity index (χ0v) is 12.3. The van der Waals surface area contributed by atoms with Crippen LogP contribution in [-0.2, 0) is 4.79 Å². The highest BCUT2D eigenvalue weighted by molar-refractivity contribution is 5.81. The van der Waals surface area contributed by atoms with Gasteiger partial charge in [0, 0.05) is 12.6 Å². The van der Waals surface area contributed by atoms with Crippen LogP contribution in [0, 0.1) is 11.3 Å². The number of nitrogens with zero attached hydrogens (tertiary/aromatic N) is 1. The number of hydrogen-bond acceptors (Lipinski definition) is 4. The third kappa shape index (κ3) is 4.47. The molecule has 1 aliphatic rings. The average Bonchev–Trinajstić information content (AvgIpc) is 2.70. The second-order valence-corrected chi connectivity index (χ2v) is 5.24. The van der Waals surface area contributed by atoms with Crippen LogP contribution in [0.5, 0.6) is 5.75 Å². The first-order valence-corrected chi connectivity index (χ1v) is 7.34. The molecular formula is C16H21N3O2. The average molecular weight is 287 g/mol. The molecule has 5 heteroatoms. The van der Waals surface area contributed by atoms with E-state index in [9.17, 15) is 4.79 Å². The van der Waals surface area contributed by atoms with E-state index in [0.717, 1.165) is 31.4 Å². The molecule has 21 heavy (non-hydrogen) atoms. The first-order valence-electron chi connectivity index (χ1n) is 7.34. The number of rotatable bonds is 5. The van der Waals surface area contributed by atoms with Gasteiger partial charge in [-0.2, -0.15) is 5.26 Å². The third-order valence-electron chi connectivity index (χ3n) is 3.67. The van der Waals surface area contributed by atoms with Crippen LogP contribution in [0.4, 0.5) is 0 Å². The molecule has 1 amide bonds. The van der Waals surface area contributed by atoms with Crippen LogP contribution in [0.3, 0.4) is 0 Å². The lowest BCUT2D eigenvalue weighted by molar-refractivity contribution is -0.123. The van der Waals surface area contributed by atoms with E-state index in [0.29, 0.717) is 5.75 Å². The van der Waals surface area contributed by atoms with E-state index in [1.54, 1.807) is 0 Å². The molecule has 0 spiro atoms. The topological polar surface area (TPSA) is 74.2 Å². The Kier molecular flexibility index (Phi) is 5.59. The molecule has 0 radical (unpaired) electrons. The molecule has 1 aromatic rings. The van der Waals surface area contributed by atoms with Gasteiger partial charge in [0.2, 0.25) is 5.91 Å². The van der Waals surface area contributed by atoms with Crippen molar-refractivity contribution in [1.29, 1.82) is 5.26 Å². The molecule has 2 rings (SSSR count). The molecule has 1 saturated heterocycles. The molecule has 5 nitrogen and oxygen atoms in total. The minimum absolute atomic E-state index is 0.0510. The van der Waals surface area contributed by atoms with Crippen molar-refractivity contribution in [3.05, 3.63) is 29.8 Å². The van der Waals surface area contributed by atoms with E-state index >= 15 is 0 Å². The first kappa shape index (κ1) is 15.3. The second-order valence-electron chi connectivity index (χ2n) is 5.24. The number of carbonyl (C=O) groups is 1. The highest BCUT2D eigenvalue weighted by Gasteiger charge is 2.22. The number of nitrogens with one attached hydrogen (secondary N) is 2. The quantitative estimate of drug-likeness (QED) is 0.867. The van der Waals surface area contributed by atoms with E-state index in [1.807, 2.05) is 37.3 Å². The van der Waals surface area contributed by atoms with Crippen molar-refractivity contribution in [1.82, 2.24) is 10.6 Å². The molecule has 2 atom stereocenters. The molecule has 1 aliphatic heterocycles. The Labute approximate surface area is 125 Å². The molecule has 112 valence electrons. The molecule has 0 saturated carbocycles. The van der Waals surface area contributed by atoms with Crippen molar-refractivity contribution in [2.45, 2.75) is 38.3 Å². The van der Waals surface area contributed by atoms with E-state index in [-0.39, 0.29) is 24.6 Å². The summed E-state index contributed by atoms with van der Waals surface area (Å²) in [5.74, 6) is 0.771. The van der Waals surface area contributed by atoms with Gasteiger partial charge in [0.15, 0.2) is 6.61 Å². The molecule has 0 aromatic heterocycles. The van der Waals surface area contributed by atoms with Gasteiger partial charge in [-0.25, -0.2) is 0 Å². The van der Waals surface area contributed by atoms with Crippen molar-refractivity contribution < 1.29 is 9.53 Å². The lowest BCUT2D eigenvalue weighted by Gasteiger charge is -2.21. The predicted molar refractivity (Wildman–Crippen MR) is 79.7 cm³/mol. The number of benzene rings is 1. The normalized spacial score (nSPS) is 20.0. The fourth-order valence-electron chi connectivity index (χ4n) is 2.46. The maximum Gasteiger partial charge on any atom is 0.237 e. The van der Waals surface area contributed by atoms with Crippen molar-refractivity contribution in [2.75, 3.05) is 13.2 Å². The van der Waals surface area contributed by atoms with E-state index < -0.39 is 0 Å². The Hall–Kier alpha value is -2.06. The van der Waals surface area contributed by atoms with Crippen LogP contribution >= 0.6 is 0 Å². The van der Waals surface area contributed by atoms with Gasteiger partial charge in [-0.05, 0) is 43.9 Å². The highest BCUT2D eigenvalue weighted by atomic mass is 16.5. The summed E-state index contributed by atoms with van der Waals surface area (Å²) < 4.78 is 5.23. The summed E-state index contributed by atoms with van der Waals surface area (Å²) in [4.78, 5) is 11.9. The van der Waals surface area contributed by atoms with Gasteiger partial charge in [-0.15, -0.1) is 0 Å². The summed E-state index contributed by atoms with van der Waals surface area (Å²) in [5, 5.41) is 14.8. The Balaban J connectivity index is 1.94. The van der Waals surface area contributed by atoms with Gasteiger partial charge in [0.05, 0.1) is 6.04 Å². The lowest BCUT2D eigenvalue weighted by Crippen LogP contribution is -2.43. The largest absolute Gasteiger partial charge is 0.479 e. The van der Waals surface area contributed by atoms with E-state index in [1.165, 1.54) is 0 Å². The Morgan fingerprint density at radius 3 is 2.90 bits per heavy atom. The summed E-state index contributed by atoms with van der Waals surface area (Å²) in [6.45, 7) is 2.87. The number of hydrogen-bond donors (Lipinski definition) is 2. The Morgan fingerprint density at radius 2 is 2.19 bits per heavy atom. The van der Waals surface area contributed by atoms with E-state index in [4.69, 9.17) is 10.00 Å². The second kappa shape index (κ2) is 7.65. The summed E-state index contributed by atoms with van der Waals surface area (Å²) in [5.41, 5.74) is 1.09. The standard InChI is InChI=1S/C16H21N3O2/c1-12(19-15-4-2-3-10-18-16(15)20)13-5-7-14(8-6-13)21-11-9-17/h5-8,12,15,19H,2-4,10-11H2,1H3,(H,18,20). The molecule has 1 heterocycles. The smallest absolute Gasteiger partial charge is 0.237 e. The summed E-state index contributed by atoms with van der Waals surface area (Å²) in [6, 6.07) is 9.50. The number of amides is 1. The lowest BCUT2D eigenvalue weighted by atomic mass is 10.0. The fourth-order valence-corrected chi connectivity index (χ4v) is 2.46. The molecule has 0 bridgehead atoms. The van der Waals surface area contributed by atoms with Gasteiger partial charge < -0.3 is 10.1 Å². The molecule has 0 aliphatic carbocycles. The molecular weight excluding hydrogens is 266 g/mol. The minimum atomic E-state index is -0.128. The van der Waals surface area contributed by atoms with Crippen molar-refractivity contribution in [2.24, 2.45) is 0 Å². The zero-order chi connectivity index (χ0) is 15.1. The van der Waals surface area contributed by atoms with Gasteiger partial charge in [0.25, 0.3) is 0 Å². The van der Waals surface area contributed by atoms with Crippen LogP contribution < -0.4 is 15.4 Å². The maximum atomic E-state index is 11.9. The number of ether oxygens (including phenoxy) is 1. The summed E-state index contributed by atoms with van der Waals surface area (Å²) in [6.07, 6.45) is 2.98. The monoisotopic (exact) mass is 287 g/mol. The molecule has 2 N–H and O–H groups in total. The zero-order valence-electron chi connectivity index (χ0n) is 12.3. The Bertz CT molecular complexity index is 507. The summed E-state index contributed by atoms with van der Waals surface area (Å²) >= 11 is 0. The van der Waals surface area contributed by atoms with Gasteiger partial charge >= 0.3 is 0 Å². The molecule has 2 unspecified atom stereocenters. The Morgan fingerprint density at radius 1 is 1.43 bits per heavy atom. The first-order chi connectivity index (χ1) is 10.2. The predicted octanol–water partition coefficient (Wildman–Crippen LogP) is 1.91. The van der Waals surface area contributed by atoms with Gasteiger partial charge in [-0.3, -0.25) is 10.1 Å². The number of nitriles is 1. The van der Waals surface area contributed by atoms with Crippen molar-refractivity contribution >= 4 is 5.91 Å². The summed E-state index contributed by atoms with van der Waals surface area (Å²) in [7, 11) is 0. The van der Waals surface area contributed by atoms with Gasteiger partial charge in [0.1, 0.15) is 11.8 Å².